The van der Waals surface area contributed by atoms with Crippen molar-refractivity contribution in [2.45, 2.75) is 18.9 Å². The highest BCUT2D eigenvalue weighted by Crippen LogP contribution is 2.27. The highest BCUT2D eigenvalue weighted by molar-refractivity contribution is 5.99. The summed E-state index contributed by atoms with van der Waals surface area (Å²) in [4.78, 5) is 16.9. The normalized spacial score (nSPS) is 19.4. The van der Waals surface area contributed by atoms with Crippen LogP contribution in [0.5, 0.6) is 5.75 Å². The topological polar surface area (TPSA) is 32.8 Å². The molecule has 0 spiro atoms. The molecule has 0 unspecified atom stereocenters. The van der Waals surface area contributed by atoms with Crippen molar-refractivity contribution in [3.63, 3.8) is 0 Å². The van der Waals surface area contributed by atoms with E-state index in [4.69, 9.17) is 4.74 Å². The Morgan fingerprint density at radius 2 is 2.00 bits per heavy atom. The van der Waals surface area contributed by atoms with Crippen molar-refractivity contribution in [2.24, 2.45) is 0 Å². The van der Waals surface area contributed by atoms with Crippen molar-refractivity contribution < 1.29 is 9.53 Å². The molecule has 4 nitrogen and oxygen atoms in total. The molecule has 0 radical (unpaired) electrons. The van der Waals surface area contributed by atoms with E-state index in [1.54, 1.807) is 0 Å². The first-order valence-corrected chi connectivity index (χ1v) is 7.53. The van der Waals surface area contributed by atoms with Crippen LogP contribution in [0.4, 0.5) is 0 Å². The van der Waals surface area contributed by atoms with Gasteiger partial charge in [0.1, 0.15) is 12.4 Å². The Morgan fingerprint density at radius 3 is 2.76 bits per heavy atom. The van der Waals surface area contributed by atoms with Crippen LogP contribution in [0.3, 0.4) is 0 Å². The van der Waals surface area contributed by atoms with Gasteiger partial charge in [0, 0.05) is 18.7 Å². The molecule has 0 N–H and O–H groups in total. The summed E-state index contributed by atoms with van der Waals surface area (Å²) in [6.07, 6.45) is 4.06. The molecule has 0 bridgehead atoms. The van der Waals surface area contributed by atoms with E-state index >= 15 is 0 Å². The molecule has 1 aromatic rings. The number of piperidine rings is 1. The van der Waals surface area contributed by atoms with Crippen LogP contribution in [-0.4, -0.2) is 55.5 Å². The molecule has 0 aromatic heterocycles. The average Bonchev–Trinajstić information content (AvgIpc) is 2.54. The molecular formula is C17H22N2O2. The Balaban J connectivity index is 1.72. The van der Waals surface area contributed by atoms with Crippen LogP contribution < -0.4 is 4.74 Å². The van der Waals surface area contributed by atoms with Gasteiger partial charge in [0.05, 0.1) is 5.57 Å². The molecule has 21 heavy (non-hydrogen) atoms. The van der Waals surface area contributed by atoms with Gasteiger partial charge < -0.3 is 14.5 Å². The van der Waals surface area contributed by atoms with Crippen LogP contribution in [0.15, 0.2) is 29.8 Å². The van der Waals surface area contributed by atoms with Crippen molar-refractivity contribution in [2.75, 3.05) is 33.8 Å². The number of likely N-dealkylation sites (N-methyl/N-ethyl adjacent to an activating group) is 1. The maximum Gasteiger partial charge on any atom is 0.253 e. The van der Waals surface area contributed by atoms with E-state index in [1.807, 2.05) is 42.3 Å². The first-order chi connectivity index (χ1) is 10.1. The maximum atomic E-state index is 12.7. The summed E-state index contributed by atoms with van der Waals surface area (Å²) >= 11 is 0. The van der Waals surface area contributed by atoms with Crippen molar-refractivity contribution in [3.8, 4) is 5.75 Å². The largest absolute Gasteiger partial charge is 0.488 e. The molecule has 2 aliphatic rings. The summed E-state index contributed by atoms with van der Waals surface area (Å²) in [5.41, 5.74) is 1.74. The molecule has 1 saturated heterocycles. The van der Waals surface area contributed by atoms with Crippen LogP contribution in [-0.2, 0) is 4.79 Å². The second kappa shape index (κ2) is 5.90. The van der Waals surface area contributed by atoms with Gasteiger partial charge in [-0.25, -0.2) is 0 Å². The number of carbonyl (C=O) groups is 1. The third-order valence-electron chi connectivity index (χ3n) is 4.46. The number of benzene rings is 1. The number of rotatable bonds is 2. The predicted octanol–water partition coefficient (Wildman–Crippen LogP) is 2.02. The van der Waals surface area contributed by atoms with Crippen molar-refractivity contribution in [1.82, 2.24) is 9.80 Å². The standard InChI is InChI=1S/C17H22N2O2/c1-18-9-7-15(8-10-18)19(2)17(20)14-11-13-5-3-4-6-16(13)21-12-14/h3-6,11,15H,7-10,12H2,1-2H3. The minimum atomic E-state index is 0.0963. The number of likely N-dealkylation sites (tertiary alicyclic amines) is 1. The second-order valence-electron chi connectivity index (χ2n) is 5.95. The lowest BCUT2D eigenvalue weighted by Crippen LogP contribution is -2.45. The first kappa shape index (κ1) is 14.1. The van der Waals surface area contributed by atoms with Gasteiger partial charge in [-0.2, -0.15) is 0 Å². The number of hydrogen-bond acceptors (Lipinski definition) is 3. The predicted molar refractivity (Wildman–Crippen MR) is 83.2 cm³/mol. The molecule has 3 rings (SSSR count). The number of para-hydroxylation sites is 1. The summed E-state index contributed by atoms with van der Waals surface area (Å²) in [5.74, 6) is 0.954. The molecule has 2 heterocycles. The lowest BCUT2D eigenvalue weighted by Gasteiger charge is -2.35. The molecule has 1 fully saturated rings. The van der Waals surface area contributed by atoms with Crippen LogP contribution >= 0.6 is 0 Å². The third kappa shape index (κ3) is 2.95. The molecule has 4 heteroatoms. The van der Waals surface area contributed by atoms with Crippen molar-refractivity contribution >= 4 is 12.0 Å². The Bertz CT molecular complexity index is 560. The molecule has 112 valence electrons. The molecule has 0 atom stereocenters. The number of hydrogen-bond donors (Lipinski definition) is 0. The highest BCUT2D eigenvalue weighted by atomic mass is 16.5. The fraction of sp³-hybridized carbons (Fsp3) is 0.471. The summed E-state index contributed by atoms with van der Waals surface area (Å²) in [6.45, 7) is 2.48. The van der Waals surface area contributed by atoms with Crippen molar-refractivity contribution in [1.29, 1.82) is 0 Å². The highest BCUT2D eigenvalue weighted by Gasteiger charge is 2.27. The van der Waals surface area contributed by atoms with Gasteiger partial charge in [-0.3, -0.25) is 4.79 Å². The number of nitrogens with zero attached hydrogens (tertiary/aromatic N) is 2. The summed E-state index contributed by atoms with van der Waals surface area (Å²) in [5, 5.41) is 0. The fourth-order valence-corrected chi connectivity index (χ4v) is 3.01. The molecule has 2 aliphatic heterocycles. The zero-order valence-corrected chi connectivity index (χ0v) is 12.7. The minimum Gasteiger partial charge on any atom is -0.488 e. The van der Waals surface area contributed by atoms with E-state index in [0.29, 0.717) is 12.6 Å². The van der Waals surface area contributed by atoms with E-state index in [-0.39, 0.29) is 5.91 Å². The Hall–Kier alpha value is -1.81. The average molecular weight is 286 g/mol. The molecule has 1 aromatic carbocycles. The molecular weight excluding hydrogens is 264 g/mol. The number of carbonyl (C=O) groups excluding carboxylic acids is 1. The van der Waals surface area contributed by atoms with Crippen LogP contribution in [0.2, 0.25) is 0 Å². The Kier molecular flexibility index (Phi) is 3.97. The maximum absolute atomic E-state index is 12.7. The quantitative estimate of drug-likeness (QED) is 0.834. The number of fused-ring (bicyclic) bond motifs is 1. The van der Waals surface area contributed by atoms with Gasteiger partial charge >= 0.3 is 0 Å². The van der Waals surface area contributed by atoms with E-state index < -0.39 is 0 Å². The lowest BCUT2D eigenvalue weighted by atomic mass is 10.0. The monoisotopic (exact) mass is 286 g/mol. The summed E-state index contributed by atoms with van der Waals surface area (Å²) in [6, 6.07) is 8.17. The summed E-state index contributed by atoms with van der Waals surface area (Å²) in [7, 11) is 4.05. The Morgan fingerprint density at radius 1 is 1.29 bits per heavy atom. The molecule has 0 aliphatic carbocycles. The van der Waals surface area contributed by atoms with Gasteiger partial charge in [-0.15, -0.1) is 0 Å². The minimum absolute atomic E-state index is 0.0963. The SMILES string of the molecule is CN1CCC(N(C)C(=O)C2=Cc3ccccc3OC2)CC1. The first-order valence-electron chi connectivity index (χ1n) is 7.53. The van der Waals surface area contributed by atoms with Crippen LogP contribution in [0, 0.1) is 0 Å². The summed E-state index contributed by atoms with van der Waals surface area (Å²) < 4.78 is 5.69. The van der Waals surface area contributed by atoms with Crippen molar-refractivity contribution in [3.05, 3.63) is 35.4 Å². The van der Waals surface area contributed by atoms with Gasteiger partial charge in [-0.05, 0) is 45.1 Å². The second-order valence-corrected chi connectivity index (χ2v) is 5.95. The zero-order chi connectivity index (χ0) is 14.8. The van der Waals surface area contributed by atoms with Gasteiger partial charge in [0.25, 0.3) is 5.91 Å². The smallest absolute Gasteiger partial charge is 0.253 e. The number of amides is 1. The number of ether oxygens (including phenoxy) is 1. The molecule has 0 saturated carbocycles. The van der Waals surface area contributed by atoms with Crippen LogP contribution in [0.25, 0.3) is 6.08 Å². The zero-order valence-electron chi connectivity index (χ0n) is 12.7. The third-order valence-corrected chi connectivity index (χ3v) is 4.46. The van der Waals surface area contributed by atoms with E-state index in [1.165, 1.54) is 0 Å². The van der Waals surface area contributed by atoms with E-state index in [0.717, 1.165) is 42.8 Å². The van der Waals surface area contributed by atoms with Gasteiger partial charge in [0.15, 0.2) is 0 Å². The molecule has 1 amide bonds. The fourth-order valence-electron chi connectivity index (χ4n) is 3.01. The van der Waals surface area contributed by atoms with Crippen LogP contribution in [0.1, 0.15) is 18.4 Å². The lowest BCUT2D eigenvalue weighted by molar-refractivity contribution is -0.129. The van der Waals surface area contributed by atoms with Gasteiger partial charge in [0.2, 0.25) is 0 Å². The van der Waals surface area contributed by atoms with Gasteiger partial charge in [-0.1, -0.05) is 18.2 Å². The van der Waals surface area contributed by atoms with E-state index in [9.17, 15) is 4.79 Å². The Labute approximate surface area is 126 Å². The van der Waals surface area contributed by atoms with E-state index in [2.05, 4.69) is 11.9 Å².